The van der Waals surface area contributed by atoms with E-state index < -0.39 is 0 Å². The SMILES string of the molecule is CCc1ccc(OC2CCOC2)nc1. The summed E-state index contributed by atoms with van der Waals surface area (Å²) in [5.41, 5.74) is 1.24. The van der Waals surface area contributed by atoms with Crippen LogP contribution in [-0.4, -0.2) is 24.3 Å². The van der Waals surface area contributed by atoms with Gasteiger partial charge in [-0.3, -0.25) is 0 Å². The Morgan fingerprint density at radius 2 is 2.50 bits per heavy atom. The Labute approximate surface area is 84.1 Å². The van der Waals surface area contributed by atoms with Gasteiger partial charge in [-0.2, -0.15) is 0 Å². The monoisotopic (exact) mass is 193 g/mol. The Bertz CT molecular complexity index is 278. The van der Waals surface area contributed by atoms with Gasteiger partial charge >= 0.3 is 0 Å². The summed E-state index contributed by atoms with van der Waals surface area (Å²) in [4.78, 5) is 4.24. The van der Waals surface area contributed by atoms with Crippen LogP contribution in [0.1, 0.15) is 18.9 Å². The summed E-state index contributed by atoms with van der Waals surface area (Å²) < 4.78 is 10.9. The Morgan fingerprint density at radius 3 is 3.07 bits per heavy atom. The second-order valence-corrected chi connectivity index (χ2v) is 3.46. The van der Waals surface area contributed by atoms with Crippen molar-refractivity contribution in [1.82, 2.24) is 4.98 Å². The molecule has 0 aliphatic carbocycles. The van der Waals surface area contributed by atoms with E-state index in [-0.39, 0.29) is 6.10 Å². The van der Waals surface area contributed by atoms with E-state index in [0.29, 0.717) is 12.5 Å². The summed E-state index contributed by atoms with van der Waals surface area (Å²) in [6.07, 6.45) is 4.04. The number of aromatic nitrogens is 1. The minimum absolute atomic E-state index is 0.190. The van der Waals surface area contributed by atoms with Crippen molar-refractivity contribution in [1.29, 1.82) is 0 Å². The van der Waals surface area contributed by atoms with E-state index in [0.717, 1.165) is 19.4 Å². The van der Waals surface area contributed by atoms with E-state index in [2.05, 4.69) is 18.0 Å². The number of hydrogen-bond donors (Lipinski definition) is 0. The maximum Gasteiger partial charge on any atom is 0.213 e. The highest BCUT2D eigenvalue weighted by Crippen LogP contribution is 2.14. The first-order chi connectivity index (χ1) is 6.88. The Balaban J connectivity index is 1.95. The van der Waals surface area contributed by atoms with Crippen LogP contribution >= 0.6 is 0 Å². The maximum atomic E-state index is 5.64. The third-order valence-corrected chi connectivity index (χ3v) is 2.38. The standard InChI is InChI=1S/C11H15NO2/c1-2-9-3-4-11(12-7-9)14-10-5-6-13-8-10/h3-4,7,10H,2,5-6,8H2,1H3. The van der Waals surface area contributed by atoms with E-state index in [4.69, 9.17) is 9.47 Å². The van der Waals surface area contributed by atoms with E-state index in [1.165, 1.54) is 5.56 Å². The molecule has 0 spiro atoms. The Morgan fingerprint density at radius 1 is 1.57 bits per heavy atom. The molecule has 76 valence electrons. The molecule has 3 nitrogen and oxygen atoms in total. The van der Waals surface area contributed by atoms with Crippen molar-refractivity contribution < 1.29 is 9.47 Å². The zero-order valence-corrected chi connectivity index (χ0v) is 8.40. The van der Waals surface area contributed by atoms with Gasteiger partial charge in [0.15, 0.2) is 0 Å². The third kappa shape index (κ3) is 2.23. The summed E-state index contributed by atoms with van der Waals surface area (Å²) in [7, 11) is 0. The third-order valence-electron chi connectivity index (χ3n) is 2.38. The molecule has 2 rings (SSSR count). The van der Waals surface area contributed by atoms with Gasteiger partial charge in [-0.1, -0.05) is 13.0 Å². The molecule has 0 aromatic carbocycles. The molecule has 14 heavy (non-hydrogen) atoms. The largest absolute Gasteiger partial charge is 0.472 e. The maximum absolute atomic E-state index is 5.64. The van der Waals surface area contributed by atoms with E-state index in [9.17, 15) is 0 Å². The lowest BCUT2D eigenvalue weighted by atomic mass is 10.2. The molecule has 1 aromatic heterocycles. The van der Waals surface area contributed by atoms with Crippen LogP contribution in [0.4, 0.5) is 0 Å². The van der Waals surface area contributed by atoms with Crippen molar-refractivity contribution in [3.8, 4) is 5.88 Å². The van der Waals surface area contributed by atoms with Gasteiger partial charge in [0.2, 0.25) is 5.88 Å². The highest BCUT2D eigenvalue weighted by Gasteiger charge is 2.17. The van der Waals surface area contributed by atoms with Gasteiger partial charge in [0, 0.05) is 18.7 Å². The van der Waals surface area contributed by atoms with Gasteiger partial charge < -0.3 is 9.47 Å². The first kappa shape index (κ1) is 9.46. The zero-order valence-electron chi connectivity index (χ0n) is 8.40. The Kier molecular flexibility index (Phi) is 2.99. The van der Waals surface area contributed by atoms with Crippen molar-refractivity contribution in [3.63, 3.8) is 0 Å². The predicted molar refractivity (Wildman–Crippen MR) is 53.5 cm³/mol. The van der Waals surface area contributed by atoms with Crippen LogP contribution in [0.3, 0.4) is 0 Å². The molecule has 0 saturated carbocycles. The molecule has 0 amide bonds. The molecule has 3 heteroatoms. The molecule has 0 N–H and O–H groups in total. The summed E-state index contributed by atoms with van der Waals surface area (Å²) in [6, 6.07) is 3.98. The average molecular weight is 193 g/mol. The van der Waals surface area contributed by atoms with Crippen molar-refractivity contribution in [3.05, 3.63) is 23.9 Å². The highest BCUT2D eigenvalue weighted by molar-refractivity contribution is 5.17. The molecule has 1 saturated heterocycles. The number of rotatable bonds is 3. The lowest BCUT2D eigenvalue weighted by Gasteiger charge is -2.10. The topological polar surface area (TPSA) is 31.4 Å². The number of aryl methyl sites for hydroxylation is 1. The number of pyridine rings is 1. The smallest absolute Gasteiger partial charge is 0.213 e. The quantitative estimate of drug-likeness (QED) is 0.733. The van der Waals surface area contributed by atoms with Gasteiger partial charge in [0.05, 0.1) is 13.2 Å². The fraction of sp³-hybridized carbons (Fsp3) is 0.545. The van der Waals surface area contributed by atoms with Crippen LogP contribution in [0.15, 0.2) is 18.3 Å². The molecule has 1 unspecified atom stereocenters. The van der Waals surface area contributed by atoms with E-state index in [1.807, 2.05) is 12.3 Å². The second-order valence-electron chi connectivity index (χ2n) is 3.46. The number of ether oxygens (including phenoxy) is 2. The van der Waals surface area contributed by atoms with Crippen LogP contribution in [0.25, 0.3) is 0 Å². The molecule has 1 fully saturated rings. The molecule has 0 bridgehead atoms. The zero-order chi connectivity index (χ0) is 9.80. The second kappa shape index (κ2) is 4.42. The molecule has 2 heterocycles. The normalized spacial score (nSPS) is 21.1. The van der Waals surface area contributed by atoms with Crippen LogP contribution in [0.5, 0.6) is 5.88 Å². The minimum Gasteiger partial charge on any atom is -0.472 e. The fourth-order valence-corrected chi connectivity index (χ4v) is 1.47. The average Bonchev–Trinajstić information content (AvgIpc) is 2.72. The van der Waals surface area contributed by atoms with E-state index >= 15 is 0 Å². The minimum atomic E-state index is 0.190. The van der Waals surface area contributed by atoms with Crippen LogP contribution < -0.4 is 4.74 Å². The molecule has 1 atom stereocenters. The fourth-order valence-electron chi connectivity index (χ4n) is 1.47. The summed E-state index contributed by atoms with van der Waals surface area (Å²) >= 11 is 0. The van der Waals surface area contributed by atoms with Crippen molar-refractivity contribution in [2.75, 3.05) is 13.2 Å². The lowest BCUT2D eigenvalue weighted by molar-refractivity contribution is 0.138. The van der Waals surface area contributed by atoms with E-state index in [1.54, 1.807) is 0 Å². The molecule has 0 radical (unpaired) electrons. The first-order valence-corrected chi connectivity index (χ1v) is 5.08. The van der Waals surface area contributed by atoms with Gasteiger partial charge in [0.1, 0.15) is 6.10 Å². The number of nitrogens with zero attached hydrogens (tertiary/aromatic N) is 1. The molecular weight excluding hydrogens is 178 g/mol. The summed E-state index contributed by atoms with van der Waals surface area (Å²) in [5, 5.41) is 0. The van der Waals surface area contributed by atoms with Crippen LogP contribution in [0, 0.1) is 0 Å². The predicted octanol–water partition coefficient (Wildman–Crippen LogP) is 1.81. The van der Waals surface area contributed by atoms with Gasteiger partial charge in [0.25, 0.3) is 0 Å². The molecule has 1 aliphatic rings. The van der Waals surface area contributed by atoms with Crippen molar-refractivity contribution in [2.45, 2.75) is 25.9 Å². The summed E-state index contributed by atoms with van der Waals surface area (Å²) in [5.74, 6) is 0.706. The molecular formula is C11H15NO2. The highest BCUT2D eigenvalue weighted by atomic mass is 16.5. The Hall–Kier alpha value is -1.09. The number of hydrogen-bond acceptors (Lipinski definition) is 3. The van der Waals surface area contributed by atoms with Gasteiger partial charge in [-0.25, -0.2) is 4.98 Å². The first-order valence-electron chi connectivity index (χ1n) is 5.08. The summed E-state index contributed by atoms with van der Waals surface area (Å²) in [6.45, 7) is 3.61. The van der Waals surface area contributed by atoms with Gasteiger partial charge in [-0.05, 0) is 12.0 Å². The molecule has 1 aromatic rings. The van der Waals surface area contributed by atoms with Crippen molar-refractivity contribution >= 4 is 0 Å². The molecule has 1 aliphatic heterocycles. The van der Waals surface area contributed by atoms with Gasteiger partial charge in [-0.15, -0.1) is 0 Å². The lowest BCUT2D eigenvalue weighted by Crippen LogP contribution is -2.16. The van der Waals surface area contributed by atoms with Crippen LogP contribution in [0.2, 0.25) is 0 Å². The van der Waals surface area contributed by atoms with Crippen molar-refractivity contribution in [2.24, 2.45) is 0 Å². The van der Waals surface area contributed by atoms with Crippen LogP contribution in [-0.2, 0) is 11.2 Å².